The van der Waals surface area contributed by atoms with Crippen LogP contribution in [-0.2, 0) is 19.6 Å². The van der Waals surface area contributed by atoms with Gasteiger partial charge >= 0.3 is 0 Å². The van der Waals surface area contributed by atoms with Crippen LogP contribution >= 0.6 is 0 Å². The molecule has 1 aromatic carbocycles. The van der Waals surface area contributed by atoms with Crippen LogP contribution in [0.5, 0.6) is 5.75 Å². The largest absolute Gasteiger partial charge is 0.487 e. The summed E-state index contributed by atoms with van der Waals surface area (Å²) in [5.74, 6) is 0.868. The fourth-order valence-corrected chi connectivity index (χ4v) is 3.05. The first-order chi connectivity index (χ1) is 11.9. The maximum absolute atomic E-state index is 5.79. The van der Waals surface area contributed by atoms with Crippen LogP contribution in [-0.4, -0.2) is 21.7 Å². The molecular formula is C19H20N4O. The molecule has 1 N–H and O–H groups in total. The van der Waals surface area contributed by atoms with Crippen molar-refractivity contribution in [2.45, 2.75) is 26.0 Å². The van der Waals surface area contributed by atoms with E-state index in [-0.39, 0.29) is 0 Å². The molecule has 0 radical (unpaired) electrons. The quantitative estimate of drug-likeness (QED) is 0.783. The number of aromatic nitrogens is 3. The van der Waals surface area contributed by atoms with Crippen molar-refractivity contribution in [3.8, 4) is 5.75 Å². The third kappa shape index (κ3) is 3.25. The molecule has 0 saturated carbocycles. The highest BCUT2D eigenvalue weighted by Gasteiger charge is 2.18. The van der Waals surface area contributed by atoms with Crippen LogP contribution in [0.3, 0.4) is 0 Å². The number of ether oxygens (including phenoxy) is 1. The van der Waals surface area contributed by atoms with Gasteiger partial charge in [-0.1, -0.05) is 18.2 Å². The van der Waals surface area contributed by atoms with Gasteiger partial charge in [-0.15, -0.1) is 0 Å². The van der Waals surface area contributed by atoms with Gasteiger partial charge in [0.25, 0.3) is 0 Å². The van der Waals surface area contributed by atoms with Crippen molar-refractivity contribution in [3.05, 3.63) is 71.8 Å². The van der Waals surface area contributed by atoms with E-state index < -0.39 is 0 Å². The molecule has 4 rings (SSSR count). The average molecular weight is 320 g/mol. The van der Waals surface area contributed by atoms with Crippen molar-refractivity contribution in [1.29, 1.82) is 0 Å². The monoisotopic (exact) mass is 320 g/mol. The van der Waals surface area contributed by atoms with Gasteiger partial charge in [-0.05, 0) is 42.7 Å². The summed E-state index contributed by atoms with van der Waals surface area (Å²) in [4.78, 5) is 6.65. The van der Waals surface area contributed by atoms with Gasteiger partial charge in [0, 0.05) is 19.3 Å². The number of benzene rings is 1. The second kappa shape index (κ2) is 6.74. The number of anilines is 1. The number of aryl methyl sites for hydroxylation is 1. The number of nitrogens with zero attached hydrogens (tertiary/aromatic N) is 3. The second-order valence-electron chi connectivity index (χ2n) is 6.01. The smallest absolute Gasteiger partial charge is 0.130 e. The van der Waals surface area contributed by atoms with E-state index in [0.717, 1.165) is 31.0 Å². The molecule has 122 valence electrons. The molecule has 0 aliphatic carbocycles. The van der Waals surface area contributed by atoms with Crippen LogP contribution in [0.25, 0.3) is 0 Å². The Balaban J connectivity index is 1.38. The lowest BCUT2D eigenvalue weighted by Gasteiger charge is -2.28. The molecular weight excluding hydrogens is 300 g/mol. The molecule has 1 aliphatic rings. The summed E-state index contributed by atoms with van der Waals surface area (Å²) in [5.41, 5.74) is 4.69. The molecule has 2 aromatic heterocycles. The Bertz CT molecular complexity index is 783. The molecule has 3 aromatic rings. The van der Waals surface area contributed by atoms with E-state index in [1.807, 2.05) is 36.5 Å². The molecule has 0 atom stereocenters. The number of aromatic amines is 1. The van der Waals surface area contributed by atoms with Crippen molar-refractivity contribution in [2.75, 3.05) is 11.4 Å². The first kappa shape index (κ1) is 14.8. The fraction of sp³-hybridized carbons (Fsp3) is 0.263. The summed E-state index contributed by atoms with van der Waals surface area (Å²) >= 11 is 0. The first-order valence-corrected chi connectivity index (χ1v) is 8.27. The number of H-pyrrole nitrogens is 1. The lowest BCUT2D eigenvalue weighted by atomic mass is 10.1. The van der Waals surface area contributed by atoms with Crippen LogP contribution in [0.1, 0.15) is 23.4 Å². The number of nitrogens with one attached hydrogen (secondary N) is 1. The second-order valence-corrected chi connectivity index (χ2v) is 6.01. The van der Waals surface area contributed by atoms with Crippen LogP contribution in [0.2, 0.25) is 0 Å². The van der Waals surface area contributed by atoms with Gasteiger partial charge in [-0.25, -0.2) is 0 Å². The lowest BCUT2D eigenvalue weighted by molar-refractivity contribution is 0.301. The van der Waals surface area contributed by atoms with E-state index in [9.17, 15) is 0 Å². The normalized spacial score (nSPS) is 13.6. The predicted molar refractivity (Wildman–Crippen MR) is 93.0 cm³/mol. The maximum Gasteiger partial charge on any atom is 0.130 e. The molecule has 3 heterocycles. The zero-order chi connectivity index (χ0) is 16.2. The van der Waals surface area contributed by atoms with Gasteiger partial charge in [0.2, 0.25) is 0 Å². The van der Waals surface area contributed by atoms with E-state index in [1.54, 1.807) is 6.20 Å². The minimum atomic E-state index is 0.491. The highest BCUT2D eigenvalue weighted by atomic mass is 16.5. The average Bonchev–Trinajstić information content (AvgIpc) is 3.12. The van der Waals surface area contributed by atoms with Crippen LogP contribution < -0.4 is 9.64 Å². The molecule has 0 fully saturated rings. The third-order valence-electron chi connectivity index (χ3n) is 4.30. The Kier molecular flexibility index (Phi) is 4.14. The van der Waals surface area contributed by atoms with Crippen LogP contribution in [0.4, 0.5) is 5.69 Å². The Hall–Kier alpha value is -2.82. The number of hydrogen-bond acceptors (Lipinski definition) is 4. The molecule has 0 saturated heterocycles. The van der Waals surface area contributed by atoms with Gasteiger partial charge in [-0.2, -0.15) is 5.10 Å². The van der Waals surface area contributed by atoms with Gasteiger partial charge in [0.05, 0.1) is 23.3 Å². The number of rotatable bonds is 5. The zero-order valence-electron chi connectivity index (χ0n) is 13.5. The first-order valence-electron chi connectivity index (χ1n) is 8.27. The van der Waals surface area contributed by atoms with Crippen LogP contribution in [0.15, 0.2) is 54.9 Å². The van der Waals surface area contributed by atoms with Gasteiger partial charge in [0.15, 0.2) is 0 Å². The molecule has 24 heavy (non-hydrogen) atoms. The summed E-state index contributed by atoms with van der Waals surface area (Å²) in [6.07, 6.45) is 5.97. The molecule has 0 spiro atoms. The van der Waals surface area contributed by atoms with Gasteiger partial charge in [-0.3, -0.25) is 10.1 Å². The Morgan fingerprint density at radius 1 is 1.12 bits per heavy atom. The fourth-order valence-electron chi connectivity index (χ4n) is 3.05. The Labute approximate surface area is 141 Å². The minimum absolute atomic E-state index is 0.491. The molecule has 0 unspecified atom stereocenters. The number of hydrogen-bond donors (Lipinski definition) is 1. The summed E-state index contributed by atoms with van der Waals surface area (Å²) in [6, 6.07) is 14.1. The van der Waals surface area contributed by atoms with Crippen LogP contribution in [0, 0.1) is 0 Å². The molecule has 1 aliphatic heterocycles. The SMILES string of the molecule is c1ccc(COc2ccc(CN3CCCc4[nH]ncc43)cc2)nc1. The molecule has 0 amide bonds. The zero-order valence-corrected chi connectivity index (χ0v) is 13.5. The van der Waals surface area contributed by atoms with E-state index in [4.69, 9.17) is 4.74 Å². The van der Waals surface area contributed by atoms with Crippen molar-refractivity contribution in [1.82, 2.24) is 15.2 Å². The predicted octanol–water partition coefficient (Wildman–Crippen LogP) is 3.34. The van der Waals surface area contributed by atoms with Crippen molar-refractivity contribution < 1.29 is 4.74 Å². The standard InChI is InChI=1S/C19H20N4O/c1-2-10-20-16(4-1)14-24-17-8-6-15(7-9-17)13-23-11-3-5-18-19(23)12-21-22-18/h1-2,4,6-10,12H,3,5,11,13-14H2,(H,21,22). The summed E-state index contributed by atoms with van der Waals surface area (Å²) in [5, 5.41) is 7.27. The molecule has 5 heteroatoms. The molecule has 0 bridgehead atoms. The highest BCUT2D eigenvalue weighted by molar-refractivity contribution is 5.51. The van der Waals surface area contributed by atoms with E-state index >= 15 is 0 Å². The van der Waals surface area contributed by atoms with E-state index in [0.29, 0.717) is 6.61 Å². The number of fused-ring (bicyclic) bond motifs is 1. The van der Waals surface area contributed by atoms with Crippen molar-refractivity contribution >= 4 is 5.69 Å². The number of pyridine rings is 1. The van der Waals surface area contributed by atoms with E-state index in [1.165, 1.54) is 23.4 Å². The van der Waals surface area contributed by atoms with Gasteiger partial charge in [0.1, 0.15) is 12.4 Å². The van der Waals surface area contributed by atoms with E-state index in [2.05, 4.69) is 32.2 Å². The molecule has 5 nitrogen and oxygen atoms in total. The summed E-state index contributed by atoms with van der Waals surface area (Å²) in [6.45, 7) is 2.46. The van der Waals surface area contributed by atoms with Crippen molar-refractivity contribution in [2.24, 2.45) is 0 Å². The van der Waals surface area contributed by atoms with Gasteiger partial charge < -0.3 is 9.64 Å². The topological polar surface area (TPSA) is 54.0 Å². The Morgan fingerprint density at radius 3 is 2.88 bits per heavy atom. The summed E-state index contributed by atoms with van der Waals surface area (Å²) in [7, 11) is 0. The minimum Gasteiger partial charge on any atom is -0.487 e. The Morgan fingerprint density at radius 2 is 2.04 bits per heavy atom. The lowest BCUT2D eigenvalue weighted by Crippen LogP contribution is -2.28. The summed E-state index contributed by atoms with van der Waals surface area (Å²) < 4.78 is 5.79. The third-order valence-corrected chi connectivity index (χ3v) is 4.30. The maximum atomic E-state index is 5.79. The van der Waals surface area contributed by atoms with Crippen molar-refractivity contribution in [3.63, 3.8) is 0 Å². The highest BCUT2D eigenvalue weighted by Crippen LogP contribution is 2.26.